The summed E-state index contributed by atoms with van der Waals surface area (Å²) in [5, 5.41) is 6.67. The largest absolute Gasteiger partial charge is 0.356 e. The van der Waals surface area contributed by atoms with Crippen LogP contribution in [0.3, 0.4) is 0 Å². The molecule has 4 nitrogen and oxygen atoms in total. The fourth-order valence-electron chi connectivity index (χ4n) is 3.06. The molecule has 1 aromatic carbocycles. The van der Waals surface area contributed by atoms with Crippen molar-refractivity contribution in [1.29, 1.82) is 0 Å². The van der Waals surface area contributed by atoms with E-state index in [1.807, 2.05) is 6.07 Å². The zero-order valence-corrected chi connectivity index (χ0v) is 13.9. The lowest BCUT2D eigenvalue weighted by molar-refractivity contribution is 0.932. The Balaban J connectivity index is 1.59. The van der Waals surface area contributed by atoms with Crippen LogP contribution in [-0.4, -0.2) is 29.6 Å². The maximum absolute atomic E-state index is 4.81. The van der Waals surface area contributed by atoms with Crippen molar-refractivity contribution in [2.45, 2.75) is 19.3 Å². The summed E-state index contributed by atoms with van der Waals surface area (Å²) < 4.78 is 0. The molecule has 23 heavy (non-hydrogen) atoms. The lowest BCUT2D eigenvalue weighted by Gasteiger charge is -2.19. The van der Waals surface area contributed by atoms with Crippen molar-refractivity contribution in [3.63, 3.8) is 0 Å². The predicted octanol–water partition coefficient (Wildman–Crippen LogP) is 3.95. The summed E-state index contributed by atoms with van der Waals surface area (Å²) in [7, 11) is 0. The third-order valence-corrected chi connectivity index (χ3v) is 5.16. The Morgan fingerprint density at radius 3 is 2.74 bits per heavy atom. The maximum atomic E-state index is 4.81. The standard InChI is InChI=1S/C18H20N4S/c1-2-8-16-15(7-1)17(22-11-3-4-12-22)21-18(20-16)19-10-9-14-6-5-13-23-14/h1-2,5-8,13H,3-4,9-12H2,(H,19,20,21). The van der Waals surface area contributed by atoms with Crippen LogP contribution in [0.1, 0.15) is 17.7 Å². The van der Waals surface area contributed by atoms with Crippen LogP contribution >= 0.6 is 11.3 Å². The Labute approximate surface area is 140 Å². The summed E-state index contributed by atoms with van der Waals surface area (Å²) in [4.78, 5) is 13.3. The molecule has 0 radical (unpaired) electrons. The number of hydrogen-bond donors (Lipinski definition) is 1. The van der Waals surface area contributed by atoms with E-state index in [1.54, 1.807) is 11.3 Å². The second-order valence-electron chi connectivity index (χ2n) is 5.84. The van der Waals surface area contributed by atoms with E-state index in [-0.39, 0.29) is 0 Å². The smallest absolute Gasteiger partial charge is 0.225 e. The predicted molar refractivity (Wildman–Crippen MR) is 97.5 cm³/mol. The van der Waals surface area contributed by atoms with Gasteiger partial charge in [0, 0.05) is 29.9 Å². The van der Waals surface area contributed by atoms with E-state index in [1.165, 1.54) is 17.7 Å². The van der Waals surface area contributed by atoms with E-state index in [0.717, 1.165) is 48.7 Å². The molecule has 2 aromatic heterocycles. The van der Waals surface area contributed by atoms with Crippen molar-refractivity contribution in [1.82, 2.24) is 9.97 Å². The van der Waals surface area contributed by atoms with Crippen LogP contribution in [0.2, 0.25) is 0 Å². The number of hydrogen-bond acceptors (Lipinski definition) is 5. The number of benzene rings is 1. The van der Waals surface area contributed by atoms with Crippen LogP contribution in [0.15, 0.2) is 41.8 Å². The molecule has 1 aliphatic heterocycles. The molecule has 3 aromatic rings. The van der Waals surface area contributed by atoms with Crippen LogP contribution in [-0.2, 0) is 6.42 Å². The molecule has 3 heterocycles. The summed E-state index contributed by atoms with van der Waals surface area (Å²) in [5.74, 6) is 1.81. The van der Waals surface area contributed by atoms with Gasteiger partial charge in [-0.25, -0.2) is 4.98 Å². The van der Waals surface area contributed by atoms with Crippen molar-refractivity contribution in [2.24, 2.45) is 0 Å². The van der Waals surface area contributed by atoms with Crippen molar-refractivity contribution < 1.29 is 0 Å². The Morgan fingerprint density at radius 1 is 1.04 bits per heavy atom. The number of anilines is 2. The normalized spacial score (nSPS) is 14.5. The van der Waals surface area contributed by atoms with Gasteiger partial charge in [-0.05, 0) is 42.8 Å². The summed E-state index contributed by atoms with van der Waals surface area (Å²) in [6, 6.07) is 12.6. The number of fused-ring (bicyclic) bond motifs is 1. The van der Waals surface area contributed by atoms with Crippen molar-refractivity contribution in [2.75, 3.05) is 29.9 Å². The first-order valence-electron chi connectivity index (χ1n) is 8.18. The average molecular weight is 324 g/mol. The maximum Gasteiger partial charge on any atom is 0.225 e. The molecule has 0 atom stereocenters. The van der Waals surface area contributed by atoms with E-state index < -0.39 is 0 Å². The highest BCUT2D eigenvalue weighted by Crippen LogP contribution is 2.27. The number of nitrogens with zero attached hydrogens (tertiary/aromatic N) is 3. The number of para-hydroxylation sites is 1. The van der Waals surface area contributed by atoms with Gasteiger partial charge in [-0.15, -0.1) is 11.3 Å². The topological polar surface area (TPSA) is 41.1 Å². The van der Waals surface area contributed by atoms with Gasteiger partial charge in [-0.2, -0.15) is 4.98 Å². The highest BCUT2D eigenvalue weighted by Gasteiger charge is 2.17. The van der Waals surface area contributed by atoms with Crippen LogP contribution in [0.5, 0.6) is 0 Å². The molecule has 1 aliphatic rings. The van der Waals surface area contributed by atoms with E-state index in [9.17, 15) is 0 Å². The fourth-order valence-corrected chi connectivity index (χ4v) is 3.77. The van der Waals surface area contributed by atoms with Crippen molar-refractivity contribution in [3.05, 3.63) is 46.7 Å². The average Bonchev–Trinajstić information content (AvgIpc) is 3.28. The molecule has 0 unspecified atom stereocenters. The second-order valence-corrected chi connectivity index (χ2v) is 6.87. The van der Waals surface area contributed by atoms with Gasteiger partial charge in [-0.3, -0.25) is 0 Å². The first-order chi connectivity index (χ1) is 11.4. The number of rotatable bonds is 5. The van der Waals surface area contributed by atoms with Gasteiger partial charge in [0.15, 0.2) is 0 Å². The summed E-state index contributed by atoms with van der Waals surface area (Å²) >= 11 is 1.80. The Hall–Kier alpha value is -2.14. The van der Waals surface area contributed by atoms with Gasteiger partial charge in [0.2, 0.25) is 5.95 Å². The van der Waals surface area contributed by atoms with Crippen LogP contribution < -0.4 is 10.2 Å². The Bertz CT molecular complexity index is 779. The second kappa shape index (κ2) is 6.54. The third kappa shape index (κ3) is 3.15. The van der Waals surface area contributed by atoms with E-state index in [4.69, 9.17) is 4.98 Å². The molecule has 1 saturated heterocycles. The SMILES string of the molecule is c1csc(CCNc2nc(N3CCCC3)c3ccccc3n2)c1. The quantitative estimate of drug-likeness (QED) is 0.771. The molecule has 0 bridgehead atoms. The van der Waals surface area contributed by atoms with Gasteiger partial charge < -0.3 is 10.2 Å². The van der Waals surface area contributed by atoms with Gasteiger partial charge in [0.25, 0.3) is 0 Å². The molecule has 1 N–H and O–H groups in total. The molecule has 0 aliphatic carbocycles. The zero-order chi connectivity index (χ0) is 15.5. The molecule has 0 amide bonds. The van der Waals surface area contributed by atoms with E-state index in [2.05, 4.69) is 50.9 Å². The molecular formula is C18H20N4S. The van der Waals surface area contributed by atoms with E-state index >= 15 is 0 Å². The number of nitrogens with one attached hydrogen (secondary N) is 1. The summed E-state index contributed by atoms with van der Waals surface area (Å²) in [5.41, 5.74) is 1.02. The third-order valence-electron chi connectivity index (χ3n) is 4.22. The lowest BCUT2D eigenvalue weighted by atomic mass is 10.2. The summed E-state index contributed by atoms with van der Waals surface area (Å²) in [6.45, 7) is 3.05. The summed E-state index contributed by atoms with van der Waals surface area (Å²) in [6.07, 6.45) is 3.51. The minimum absolute atomic E-state index is 0.738. The molecule has 1 fully saturated rings. The molecule has 118 valence electrons. The minimum atomic E-state index is 0.738. The monoisotopic (exact) mass is 324 g/mol. The van der Waals surface area contributed by atoms with Gasteiger partial charge in [0.05, 0.1) is 5.52 Å². The molecular weight excluding hydrogens is 304 g/mol. The minimum Gasteiger partial charge on any atom is -0.356 e. The first kappa shape index (κ1) is 14.5. The zero-order valence-electron chi connectivity index (χ0n) is 13.0. The highest BCUT2D eigenvalue weighted by atomic mass is 32.1. The molecule has 0 spiro atoms. The highest BCUT2D eigenvalue weighted by molar-refractivity contribution is 7.09. The van der Waals surface area contributed by atoms with Crippen molar-refractivity contribution in [3.8, 4) is 0 Å². The number of aromatic nitrogens is 2. The van der Waals surface area contributed by atoms with Crippen LogP contribution in [0.25, 0.3) is 10.9 Å². The molecule has 5 heteroatoms. The first-order valence-corrected chi connectivity index (χ1v) is 9.06. The van der Waals surface area contributed by atoms with Crippen LogP contribution in [0.4, 0.5) is 11.8 Å². The molecule has 0 saturated carbocycles. The van der Waals surface area contributed by atoms with E-state index in [0.29, 0.717) is 0 Å². The fraction of sp³-hybridized carbons (Fsp3) is 0.333. The van der Waals surface area contributed by atoms with Gasteiger partial charge in [-0.1, -0.05) is 18.2 Å². The van der Waals surface area contributed by atoms with Gasteiger partial charge >= 0.3 is 0 Å². The van der Waals surface area contributed by atoms with Crippen LogP contribution in [0, 0.1) is 0 Å². The number of thiophene rings is 1. The van der Waals surface area contributed by atoms with Gasteiger partial charge in [0.1, 0.15) is 5.82 Å². The van der Waals surface area contributed by atoms with Crippen molar-refractivity contribution >= 4 is 34.0 Å². The lowest BCUT2D eigenvalue weighted by Crippen LogP contribution is -2.20. The Kier molecular flexibility index (Phi) is 4.11. The molecule has 4 rings (SSSR count). The Morgan fingerprint density at radius 2 is 1.91 bits per heavy atom.